The number of aromatic nitrogens is 1. The number of rotatable bonds is 7. The number of thiazole rings is 1. The van der Waals surface area contributed by atoms with Crippen LogP contribution in [0, 0.1) is 0 Å². The van der Waals surface area contributed by atoms with E-state index in [4.69, 9.17) is 10.5 Å². The molecule has 0 unspecified atom stereocenters. The Morgan fingerprint density at radius 2 is 2.05 bits per heavy atom. The minimum absolute atomic E-state index is 0.210. The predicted octanol–water partition coefficient (Wildman–Crippen LogP) is 1.50. The van der Waals surface area contributed by atoms with E-state index in [1.165, 1.54) is 11.3 Å². The fraction of sp³-hybridized carbons (Fsp3) is 0.214. The summed E-state index contributed by atoms with van der Waals surface area (Å²) in [6.07, 6.45) is 0. The van der Waals surface area contributed by atoms with Crippen LogP contribution < -0.4 is 21.1 Å². The molecular weight excluding hydrogens is 304 g/mol. The largest absolute Gasteiger partial charge is 0.494 e. The number of carbonyl (C=O) groups is 2. The average molecular weight is 320 g/mol. The predicted molar refractivity (Wildman–Crippen MR) is 84.5 cm³/mol. The van der Waals surface area contributed by atoms with Crippen LogP contribution in [0.5, 0.6) is 5.75 Å². The summed E-state index contributed by atoms with van der Waals surface area (Å²) in [5, 5.41) is 7.66. The van der Waals surface area contributed by atoms with E-state index in [9.17, 15) is 9.59 Å². The van der Waals surface area contributed by atoms with Crippen LogP contribution in [-0.4, -0.2) is 29.9 Å². The van der Waals surface area contributed by atoms with E-state index in [1.54, 1.807) is 5.38 Å². The average Bonchev–Trinajstić information content (AvgIpc) is 2.95. The van der Waals surface area contributed by atoms with Crippen LogP contribution in [0.3, 0.4) is 0 Å². The molecule has 1 heterocycles. The Hall–Kier alpha value is -2.61. The Morgan fingerprint density at radius 1 is 1.32 bits per heavy atom. The van der Waals surface area contributed by atoms with Crippen molar-refractivity contribution in [2.45, 2.75) is 6.92 Å². The lowest BCUT2D eigenvalue weighted by Gasteiger charge is -2.05. The summed E-state index contributed by atoms with van der Waals surface area (Å²) >= 11 is 1.29. The van der Waals surface area contributed by atoms with Crippen molar-refractivity contribution in [3.8, 4) is 5.75 Å². The summed E-state index contributed by atoms with van der Waals surface area (Å²) in [7, 11) is 0. The number of nitrogens with one attached hydrogen (secondary N) is 2. The summed E-state index contributed by atoms with van der Waals surface area (Å²) in [4.78, 5) is 26.5. The number of amides is 2. The third-order valence-electron chi connectivity index (χ3n) is 2.58. The van der Waals surface area contributed by atoms with Gasteiger partial charge in [-0.1, -0.05) is 0 Å². The van der Waals surface area contributed by atoms with Gasteiger partial charge in [0.1, 0.15) is 11.4 Å². The van der Waals surface area contributed by atoms with E-state index >= 15 is 0 Å². The maximum absolute atomic E-state index is 11.7. The van der Waals surface area contributed by atoms with Crippen molar-refractivity contribution in [2.75, 3.05) is 18.5 Å². The van der Waals surface area contributed by atoms with E-state index in [1.807, 2.05) is 31.2 Å². The number of benzene rings is 1. The fourth-order valence-corrected chi connectivity index (χ4v) is 2.33. The topological polar surface area (TPSA) is 106 Å². The van der Waals surface area contributed by atoms with Crippen LogP contribution >= 0.6 is 11.3 Å². The van der Waals surface area contributed by atoms with Gasteiger partial charge in [0.25, 0.3) is 5.91 Å². The smallest absolute Gasteiger partial charge is 0.271 e. The van der Waals surface area contributed by atoms with Crippen LogP contribution in [0.2, 0.25) is 0 Å². The minimum Gasteiger partial charge on any atom is -0.494 e. The second-order valence-corrected chi connectivity index (χ2v) is 5.13. The molecule has 1 aromatic carbocycles. The summed E-state index contributed by atoms with van der Waals surface area (Å²) in [5.41, 5.74) is 6.04. The van der Waals surface area contributed by atoms with Gasteiger partial charge in [-0.25, -0.2) is 4.98 Å². The van der Waals surface area contributed by atoms with Crippen LogP contribution in [0.1, 0.15) is 17.4 Å². The molecule has 7 nitrogen and oxygen atoms in total. The molecule has 0 fully saturated rings. The summed E-state index contributed by atoms with van der Waals surface area (Å²) in [5.74, 6) is -0.246. The van der Waals surface area contributed by atoms with Gasteiger partial charge in [-0.2, -0.15) is 0 Å². The molecule has 22 heavy (non-hydrogen) atoms. The van der Waals surface area contributed by atoms with Gasteiger partial charge in [-0.05, 0) is 31.2 Å². The first-order valence-electron chi connectivity index (χ1n) is 6.60. The maximum Gasteiger partial charge on any atom is 0.271 e. The highest BCUT2D eigenvalue weighted by molar-refractivity contribution is 7.14. The molecule has 0 saturated heterocycles. The number of nitrogens with two attached hydrogens (primary N) is 1. The summed E-state index contributed by atoms with van der Waals surface area (Å²) in [6.45, 7) is 2.33. The molecule has 2 amide bonds. The molecular formula is C14H16N4O3S. The molecule has 8 heteroatoms. The number of hydrogen-bond donors (Lipinski definition) is 3. The molecule has 0 atom stereocenters. The number of nitrogens with zero attached hydrogens (tertiary/aromatic N) is 1. The molecule has 4 N–H and O–H groups in total. The third-order valence-corrected chi connectivity index (χ3v) is 3.33. The Labute approximate surface area is 131 Å². The highest BCUT2D eigenvalue weighted by atomic mass is 32.1. The van der Waals surface area contributed by atoms with Crippen LogP contribution in [0.25, 0.3) is 0 Å². The van der Waals surface area contributed by atoms with E-state index in [0.29, 0.717) is 11.7 Å². The maximum atomic E-state index is 11.7. The van der Waals surface area contributed by atoms with Crippen LogP contribution in [0.15, 0.2) is 29.6 Å². The molecule has 0 aliphatic carbocycles. The molecule has 1 aromatic heterocycles. The van der Waals surface area contributed by atoms with Crippen molar-refractivity contribution in [1.29, 1.82) is 0 Å². The minimum atomic E-state index is -0.601. The van der Waals surface area contributed by atoms with Gasteiger partial charge in [0.05, 0.1) is 13.2 Å². The normalized spacial score (nSPS) is 10.0. The molecule has 2 aromatic rings. The molecule has 0 bridgehead atoms. The molecule has 0 aliphatic heterocycles. The first-order chi connectivity index (χ1) is 10.6. The monoisotopic (exact) mass is 320 g/mol. The first kappa shape index (κ1) is 15.8. The van der Waals surface area contributed by atoms with Crippen molar-refractivity contribution in [2.24, 2.45) is 5.73 Å². The van der Waals surface area contributed by atoms with Gasteiger partial charge in [0, 0.05) is 11.1 Å². The van der Waals surface area contributed by atoms with E-state index < -0.39 is 11.8 Å². The van der Waals surface area contributed by atoms with E-state index in [2.05, 4.69) is 15.6 Å². The van der Waals surface area contributed by atoms with Crippen molar-refractivity contribution < 1.29 is 14.3 Å². The van der Waals surface area contributed by atoms with Crippen molar-refractivity contribution in [3.05, 3.63) is 35.3 Å². The zero-order valence-electron chi connectivity index (χ0n) is 12.0. The van der Waals surface area contributed by atoms with Gasteiger partial charge in [-0.15, -0.1) is 11.3 Å². The molecule has 0 spiro atoms. The molecule has 0 radical (unpaired) electrons. The van der Waals surface area contributed by atoms with Crippen molar-refractivity contribution in [1.82, 2.24) is 10.3 Å². The standard InChI is InChI=1S/C14H16N4O3S/c1-2-21-10-5-3-9(4-6-10)17-14-18-11(8-22-14)13(20)16-7-12(15)19/h3-6,8H,2,7H2,1H3,(H2,15,19)(H,16,20)(H,17,18). The number of carbonyl (C=O) groups excluding carboxylic acids is 2. The van der Waals surface area contributed by atoms with Crippen LogP contribution in [-0.2, 0) is 4.79 Å². The lowest BCUT2D eigenvalue weighted by molar-refractivity contribution is -0.117. The molecule has 116 valence electrons. The van der Waals surface area contributed by atoms with Gasteiger partial charge >= 0.3 is 0 Å². The second-order valence-electron chi connectivity index (χ2n) is 4.27. The Morgan fingerprint density at radius 3 is 2.68 bits per heavy atom. The summed E-state index contributed by atoms with van der Waals surface area (Å²) in [6, 6.07) is 7.41. The van der Waals surface area contributed by atoms with E-state index in [-0.39, 0.29) is 12.2 Å². The zero-order valence-corrected chi connectivity index (χ0v) is 12.8. The zero-order chi connectivity index (χ0) is 15.9. The molecule has 0 aliphatic rings. The summed E-state index contributed by atoms with van der Waals surface area (Å²) < 4.78 is 5.36. The molecule has 0 saturated carbocycles. The molecule has 2 rings (SSSR count). The number of primary amides is 1. The van der Waals surface area contributed by atoms with Gasteiger partial charge in [-0.3, -0.25) is 9.59 Å². The first-order valence-corrected chi connectivity index (χ1v) is 7.48. The highest BCUT2D eigenvalue weighted by Crippen LogP contribution is 2.22. The van der Waals surface area contributed by atoms with Gasteiger partial charge in [0.15, 0.2) is 5.13 Å². The SMILES string of the molecule is CCOc1ccc(Nc2nc(C(=O)NCC(N)=O)cs2)cc1. The van der Waals surface area contributed by atoms with Gasteiger partial charge < -0.3 is 21.1 Å². The quantitative estimate of drug-likeness (QED) is 0.717. The van der Waals surface area contributed by atoms with E-state index in [0.717, 1.165) is 11.4 Å². The Balaban J connectivity index is 1.96. The number of hydrogen-bond acceptors (Lipinski definition) is 6. The third kappa shape index (κ3) is 4.45. The second kappa shape index (κ2) is 7.41. The lowest BCUT2D eigenvalue weighted by atomic mass is 10.3. The van der Waals surface area contributed by atoms with Crippen molar-refractivity contribution >= 4 is 34.0 Å². The van der Waals surface area contributed by atoms with Crippen molar-refractivity contribution in [3.63, 3.8) is 0 Å². The fourth-order valence-electron chi connectivity index (χ4n) is 1.62. The van der Waals surface area contributed by atoms with Crippen LogP contribution in [0.4, 0.5) is 10.8 Å². The lowest BCUT2D eigenvalue weighted by Crippen LogP contribution is -2.33. The Kier molecular flexibility index (Phi) is 5.31. The number of ether oxygens (including phenoxy) is 1. The Bertz CT molecular complexity index is 654. The van der Waals surface area contributed by atoms with Gasteiger partial charge in [0.2, 0.25) is 5.91 Å². The highest BCUT2D eigenvalue weighted by Gasteiger charge is 2.11. The number of anilines is 2.